The van der Waals surface area contributed by atoms with Crippen molar-refractivity contribution in [3.63, 3.8) is 0 Å². The predicted molar refractivity (Wildman–Crippen MR) is 94.8 cm³/mol. The minimum atomic E-state index is -0.395. The van der Waals surface area contributed by atoms with Crippen molar-refractivity contribution in [3.05, 3.63) is 35.9 Å². The highest BCUT2D eigenvalue weighted by molar-refractivity contribution is 5.83. The number of esters is 1. The first kappa shape index (κ1) is 16.1. The highest BCUT2D eigenvalue weighted by Gasteiger charge is 2.48. The van der Waals surface area contributed by atoms with Crippen LogP contribution in [0.5, 0.6) is 0 Å². The molecule has 0 radical (unpaired) electrons. The Kier molecular flexibility index (Phi) is 4.62. The van der Waals surface area contributed by atoms with Gasteiger partial charge in [-0.2, -0.15) is 0 Å². The summed E-state index contributed by atoms with van der Waals surface area (Å²) in [6.07, 6.45) is 9.00. The number of ether oxygens (including phenoxy) is 1. The Labute approximate surface area is 145 Å². The molecule has 3 atom stereocenters. The maximum Gasteiger partial charge on any atom is 0.316 e. The van der Waals surface area contributed by atoms with Crippen LogP contribution in [0.15, 0.2) is 30.3 Å². The van der Waals surface area contributed by atoms with Crippen molar-refractivity contribution in [2.75, 3.05) is 13.1 Å². The van der Waals surface area contributed by atoms with Gasteiger partial charge in [0.15, 0.2) is 0 Å². The molecule has 2 unspecified atom stereocenters. The zero-order chi connectivity index (χ0) is 16.4. The van der Waals surface area contributed by atoms with Gasteiger partial charge in [-0.15, -0.1) is 0 Å². The molecule has 3 heteroatoms. The third kappa shape index (κ3) is 2.88. The Bertz CT molecular complexity index is 564. The first-order chi connectivity index (χ1) is 11.8. The van der Waals surface area contributed by atoms with Crippen LogP contribution in [0.3, 0.4) is 0 Å². The summed E-state index contributed by atoms with van der Waals surface area (Å²) in [4.78, 5) is 13.2. The summed E-state index contributed by atoms with van der Waals surface area (Å²) in [5.41, 5.74) is 0.765. The molecule has 24 heavy (non-hydrogen) atoms. The highest BCUT2D eigenvalue weighted by Crippen LogP contribution is 2.45. The van der Waals surface area contributed by atoms with E-state index in [1.54, 1.807) is 0 Å². The maximum atomic E-state index is 13.2. The zero-order valence-corrected chi connectivity index (χ0v) is 14.5. The number of carbonyl (C=O) groups is 1. The maximum absolute atomic E-state index is 13.2. The molecule has 0 amide bonds. The molecule has 0 bridgehead atoms. The van der Waals surface area contributed by atoms with Gasteiger partial charge in [0, 0.05) is 5.92 Å². The Morgan fingerprint density at radius 1 is 1.04 bits per heavy atom. The van der Waals surface area contributed by atoms with Crippen molar-refractivity contribution < 1.29 is 9.53 Å². The van der Waals surface area contributed by atoms with Crippen LogP contribution >= 0.6 is 0 Å². The van der Waals surface area contributed by atoms with E-state index in [-0.39, 0.29) is 12.1 Å². The minimum absolute atomic E-state index is 0.0501. The van der Waals surface area contributed by atoms with Gasteiger partial charge in [0.2, 0.25) is 0 Å². The van der Waals surface area contributed by atoms with Crippen LogP contribution in [0.1, 0.15) is 56.9 Å². The van der Waals surface area contributed by atoms with Gasteiger partial charge >= 0.3 is 5.97 Å². The quantitative estimate of drug-likeness (QED) is 0.858. The van der Waals surface area contributed by atoms with Crippen LogP contribution in [0.25, 0.3) is 0 Å². The average Bonchev–Trinajstić information content (AvgIpc) is 2.82. The number of benzene rings is 1. The molecule has 1 saturated heterocycles. The van der Waals surface area contributed by atoms with Gasteiger partial charge in [-0.25, -0.2) is 0 Å². The first-order valence-corrected chi connectivity index (χ1v) is 9.77. The van der Waals surface area contributed by atoms with E-state index in [9.17, 15) is 4.79 Å². The van der Waals surface area contributed by atoms with E-state index < -0.39 is 5.41 Å². The third-order valence-electron chi connectivity index (χ3n) is 6.65. The van der Waals surface area contributed by atoms with Crippen molar-refractivity contribution in [1.29, 1.82) is 0 Å². The van der Waals surface area contributed by atoms with Crippen LogP contribution in [0.2, 0.25) is 0 Å². The lowest BCUT2D eigenvalue weighted by Gasteiger charge is -2.45. The second kappa shape index (κ2) is 6.87. The van der Waals surface area contributed by atoms with Crippen molar-refractivity contribution >= 4 is 5.97 Å². The Morgan fingerprint density at radius 2 is 1.79 bits per heavy atom. The van der Waals surface area contributed by atoms with E-state index in [0.29, 0.717) is 5.92 Å². The zero-order valence-electron chi connectivity index (χ0n) is 14.5. The van der Waals surface area contributed by atoms with Crippen LogP contribution < -0.4 is 5.32 Å². The number of hydrogen-bond acceptors (Lipinski definition) is 3. The molecule has 2 aliphatic carbocycles. The Hall–Kier alpha value is -1.35. The molecule has 3 aliphatic rings. The Morgan fingerprint density at radius 3 is 2.58 bits per heavy atom. The summed E-state index contributed by atoms with van der Waals surface area (Å²) in [6.45, 7) is 2.19. The van der Waals surface area contributed by atoms with E-state index in [1.165, 1.54) is 12.8 Å². The van der Waals surface area contributed by atoms with Gasteiger partial charge in [-0.1, -0.05) is 49.6 Å². The van der Waals surface area contributed by atoms with E-state index >= 15 is 0 Å². The summed E-state index contributed by atoms with van der Waals surface area (Å²) in [5.74, 6) is 1.39. The van der Waals surface area contributed by atoms with E-state index in [1.807, 2.05) is 6.07 Å². The van der Waals surface area contributed by atoms with Crippen molar-refractivity contribution in [2.45, 2.75) is 62.9 Å². The molecule has 1 heterocycles. The van der Waals surface area contributed by atoms with E-state index in [2.05, 4.69) is 29.6 Å². The SMILES string of the molecule is O=C(O[C@H]1CC2CCNCCC21)C1(c2ccccc2)CCCCC1. The van der Waals surface area contributed by atoms with Crippen LogP contribution in [0, 0.1) is 11.8 Å². The normalized spacial score (nSPS) is 32.1. The van der Waals surface area contributed by atoms with Crippen molar-refractivity contribution in [2.24, 2.45) is 11.8 Å². The molecule has 1 aliphatic heterocycles. The Balaban J connectivity index is 1.50. The van der Waals surface area contributed by atoms with Gasteiger partial charge in [-0.3, -0.25) is 4.79 Å². The number of fused-ring (bicyclic) bond motifs is 1. The molecular formula is C21H29NO2. The molecule has 1 aromatic rings. The summed E-state index contributed by atoms with van der Waals surface area (Å²) in [5, 5.41) is 3.48. The summed E-state index contributed by atoms with van der Waals surface area (Å²) >= 11 is 0. The fraction of sp³-hybridized carbons (Fsp3) is 0.667. The lowest BCUT2D eigenvalue weighted by Crippen LogP contribution is -2.48. The molecule has 0 spiro atoms. The highest BCUT2D eigenvalue weighted by atomic mass is 16.5. The fourth-order valence-corrected chi connectivity index (χ4v) is 5.10. The van der Waals surface area contributed by atoms with Gasteiger partial charge < -0.3 is 10.1 Å². The molecule has 130 valence electrons. The standard InChI is InChI=1S/C21H29NO2/c23-20(24-19-15-16-9-13-22-14-10-18(16)19)21(11-5-2-6-12-21)17-7-3-1-4-8-17/h1,3-4,7-8,16,18-19,22H,2,5-6,9-15H2/t16?,18?,19-/m0/s1. The molecule has 2 saturated carbocycles. The monoisotopic (exact) mass is 327 g/mol. The smallest absolute Gasteiger partial charge is 0.316 e. The van der Waals surface area contributed by atoms with Gasteiger partial charge in [0.05, 0.1) is 5.41 Å². The summed E-state index contributed by atoms with van der Waals surface area (Å²) in [6, 6.07) is 10.4. The third-order valence-corrected chi connectivity index (χ3v) is 6.65. The average molecular weight is 327 g/mol. The van der Waals surface area contributed by atoms with Gasteiger partial charge in [-0.05, 0) is 56.7 Å². The number of rotatable bonds is 3. The second-order valence-corrected chi connectivity index (χ2v) is 7.94. The number of hydrogen-bond donors (Lipinski definition) is 1. The van der Waals surface area contributed by atoms with Crippen LogP contribution in [-0.2, 0) is 14.9 Å². The lowest BCUT2D eigenvalue weighted by atomic mass is 9.67. The summed E-state index contributed by atoms with van der Waals surface area (Å²) in [7, 11) is 0. The van der Waals surface area contributed by atoms with Crippen molar-refractivity contribution in [1.82, 2.24) is 5.32 Å². The topological polar surface area (TPSA) is 38.3 Å². The van der Waals surface area contributed by atoms with Gasteiger partial charge in [0.1, 0.15) is 6.10 Å². The number of nitrogens with one attached hydrogen (secondary N) is 1. The predicted octanol–water partition coefficient (Wildman–Crippen LogP) is 3.82. The van der Waals surface area contributed by atoms with E-state index in [4.69, 9.17) is 4.74 Å². The van der Waals surface area contributed by atoms with E-state index in [0.717, 1.165) is 63.1 Å². The minimum Gasteiger partial charge on any atom is -0.461 e. The molecule has 1 N–H and O–H groups in total. The van der Waals surface area contributed by atoms with Crippen LogP contribution in [-0.4, -0.2) is 25.2 Å². The lowest BCUT2D eigenvalue weighted by molar-refractivity contribution is -0.172. The molecule has 3 nitrogen and oxygen atoms in total. The summed E-state index contributed by atoms with van der Waals surface area (Å²) < 4.78 is 6.14. The largest absolute Gasteiger partial charge is 0.461 e. The molecule has 1 aromatic carbocycles. The molecule has 0 aromatic heterocycles. The fourth-order valence-electron chi connectivity index (χ4n) is 5.10. The first-order valence-electron chi connectivity index (χ1n) is 9.77. The molecule has 4 rings (SSSR count). The van der Waals surface area contributed by atoms with Crippen molar-refractivity contribution in [3.8, 4) is 0 Å². The van der Waals surface area contributed by atoms with Crippen LogP contribution in [0.4, 0.5) is 0 Å². The molecular weight excluding hydrogens is 298 g/mol. The second-order valence-electron chi connectivity index (χ2n) is 7.94. The van der Waals surface area contributed by atoms with Gasteiger partial charge in [0.25, 0.3) is 0 Å². The number of carbonyl (C=O) groups excluding carboxylic acids is 1. The molecule has 3 fully saturated rings.